The van der Waals surface area contributed by atoms with Crippen molar-refractivity contribution in [2.24, 2.45) is 7.05 Å². The first-order valence-corrected chi connectivity index (χ1v) is 12.0. The van der Waals surface area contributed by atoms with Gasteiger partial charge in [-0.3, -0.25) is 19.3 Å². The number of aromatic amines is 1. The SMILES string of the molecule is COc1ccc2[nH]c3c(c2c1)C[C@@]1(C)C(=O)N(CCNc2ccn(C)n2)C(=O)N1C3c1ccccc1. The Bertz CT molecular complexity index is 1480. The summed E-state index contributed by atoms with van der Waals surface area (Å²) in [6.07, 6.45) is 2.26. The number of H-pyrrole nitrogens is 1. The van der Waals surface area contributed by atoms with Gasteiger partial charge in [-0.2, -0.15) is 5.10 Å². The lowest BCUT2D eigenvalue weighted by Crippen LogP contribution is -2.53. The van der Waals surface area contributed by atoms with E-state index in [2.05, 4.69) is 15.4 Å². The number of amides is 3. The Morgan fingerprint density at radius 2 is 1.97 bits per heavy atom. The van der Waals surface area contributed by atoms with E-state index in [1.165, 1.54) is 4.90 Å². The smallest absolute Gasteiger partial charge is 0.328 e. The summed E-state index contributed by atoms with van der Waals surface area (Å²) in [5.74, 6) is 1.28. The molecule has 36 heavy (non-hydrogen) atoms. The number of fused-ring (bicyclic) bond motifs is 4. The lowest BCUT2D eigenvalue weighted by atomic mass is 9.81. The van der Waals surface area contributed by atoms with Gasteiger partial charge in [-0.1, -0.05) is 30.3 Å². The predicted molar refractivity (Wildman–Crippen MR) is 136 cm³/mol. The number of rotatable bonds is 6. The number of benzene rings is 2. The molecular formula is C27H28N6O3. The zero-order valence-corrected chi connectivity index (χ0v) is 20.5. The van der Waals surface area contributed by atoms with E-state index in [0.717, 1.165) is 33.5 Å². The van der Waals surface area contributed by atoms with Crippen molar-refractivity contribution >= 4 is 28.7 Å². The van der Waals surface area contributed by atoms with Crippen LogP contribution in [0.3, 0.4) is 0 Å². The number of nitrogens with one attached hydrogen (secondary N) is 2. The highest BCUT2D eigenvalue weighted by molar-refractivity contribution is 6.08. The second kappa shape index (κ2) is 8.15. The summed E-state index contributed by atoms with van der Waals surface area (Å²) in [7, 11) is 3.49. The number of carbonyl (C=O) groups is 2. The molecule has 6 rings (SSSR count). The minimum atomic E-state index is -1.01. The van der Waals surface area contributed by atoms with Crippen LogP contribution in [-0.2, 0) is 18.3 Å². The van der Waals surface area contributed by atoms with Crippen molar-refractivity contribution in [2.75, 3.05) is 25.5 Å². The molecule has 2 aromatic carbocycles. The van der Waals surface area contributed by atoms with Crippen LogP contribution in [0.15, 0.2) is 60.8 Å². The molecule has 184 valence electrons. The third-order valence-electron chi connectivity index (χ3n) is 7.34. The van der Waals surface area contributed by atoms with Crippen LogP contribution in [0.2, 0.25) is 0 Å². The van der Waals surface area contributed by atoms with E-state index in [-0.39, 0.29) is 18.5 Å². The Labute approximate surface area is 208 Å². The molecular weight excluding hydrogens is 456 g/mol. The molecule has 1 saturated heterocycles. The summed E-state index contributed by atoms with van der Waals surface area (Å²) in [4.78, 5) is 34.4. The van der Waals surface area contributed by atoms with Crippen LogP contribution in [-0.4, -0.2) is 62.2 Å². The van der Waals surface area contributed by atoms with E-state index in [1.807, 2.05) is 74.8 Å². The van der Waals surface area contributed by atoms with Gasteiger partial charge in [0.25, 0.3) is 5.91 Å². The minimum Gasteiger partial charge on any atom is -0.497 e. The number of ether oxygens (including phenoxy) is 1. The van der Waals surface area contributed by atoms with Gasteiger partial charge in [0.05, 0.1) is 7.11 Å². The summed E-state index contributed by atoms with van der Waals surface area (Å²) in [5.41, 5.74) is 2.90. The Hall–Kier alpha value is -4.27. The Morgan fingerprint density at radius 1 is 1.17 bits per heavy atom. The minimum absolute atomic E-state index is 0.181. The number of aryl methyl sites for hydroxylation is 1. The van der Waals surface area contributed by atoms with E-state index in [4.69, 9.17) is 4.74 Å². The van der Waals surface area contributed by atoms with Crippen molar-refractivity contribution in [3.8, 4) is 5.75 Å². The maximum atomic E-state index is 13.9. The van der Waals surface area contributed by atoms with Crippen LogP contribution < -0.4 is 10.1 Å². The molecule has 4 aromatic rings. The highest BCUT2D eigenvalue weighted by Gasteiger charge is 2.60. The molecule has 2 aliphatic rings. The molecule has 2 aliphatic heterocycles. The number of urea groups is 1. The van der Waals surface area contributed by atoms with Crippen LogP contribution in [0.25, 0.3) is 10.9 Å². The average molecular weight is 485 g/mol. The molecule has 2 aromatic heterocycles. The summed E-state index contributed by atoms with van der Waals surface area (Å²) in [6.45, 7) is 2.56. The fraction of sp³-hybridized carbons (Fsp3) is 0.296. The van der Waals surface area contributed by atoms with Crippen LogP contribution in [0.1, 0.15) is 29.8 Å². The van der Waals surface area contributed by atoms with Gasteiger partial charge in [0.15, 0.2) is 0 Å². The average Bonchev–Trinajstić information content (AvgIpc) is 3.52. The zero-order chi connectivity index (χ0) is 25.0. The zero-order valence-electron chi connectivity index (χ0n) is 20.5. The van der Waals surface area contributed by atoms with Crippen molar-refractivity contribution < 1.29 is 14.3 Å². The largest absolute Gasteiger partial charge is 0.497 e. The van der Waals surface area contributed by atoms with Crippen molar-refractivity contribution in [1.82, 2.24) is 24.6 Å². The number of carbonyl (C=O) groups excluding carboxylic acids is 2. The number of methoxy groups -OCH3 is 1. The van der Waals surface area contributed by atoms with Gasteiger partial charge in [0, 0.05) is 55.4 Å². The van der Waals surface area contributed by atoms with Crippen LogP contribution in [0, 0.1) is 0 Å². The molecule has 9 heteroatoms. The molecule has 0 spiro atoms. The molecule has 4 heterocycles. The Morgan fingerprint density at radius 3 is 2.69 bits per heavy atom. The first-order valence-electron chi connectivity index (χ1n) is 12.0. The maximum absolute atomic E-state index is 13.9. The van der Waals surface area contributed by atoms with Crippen LogP contribution in [0.5, 0.6) is 5.75 Å². The van der Waals surface area contributed by atoms with E-state index in [1.54, 1.807) is 16.7 Å². The molecule has 9 nitrogen and oxygen atoms in total. The lowest BCUT2D eigenvalue weighted by molar-refractivity contribution is -0.133. The summed E-state index contributed by atoms with van der Waals surface area (Å²) in [5, 5.41) is 8.52. The number of hydrogen-bond acceptors (Lipinski definition) is 5. The molecule has 0 bridgehead atoms. The van der Waals surface area contributed by atoms with Crippen molar-refractivity contribution in [3.63, 3.8) is 0 Å². The molecule has 3 amide bonds. The van der Waals surface area contributed by atoms with Gasteiger partial charge < -0.3 is 15.0 Å². The van der Waals surface area contributed by atoms with Gasteiger partial charge in [-0.15, -0.1) is 0 Å². The molecule has 0 saturated carbocycles. The fourth-order valence-electron chi connectivity index (χ4n) is 5.60. The van der Waals surface area contributed by atoms with Crippen molar-refractivity contribution in [3.05, 3.63) is 77.6 Å². The Balaban J connectivity index is 1.41. The van der Waals surface area contributed by atoms with Gasteiger partial charge in [-0.05, 0) is 36.2 Å². The van der Waals surface area contributed by atoms with E-state index in [0.29, 0.717) is 18.8 Å². The topological polar surface area (TPSA) is 95.5 Å². The van der Waals surface area contributed by atoms with Crippen LogP contribution in [0.4, 0.5) is 10.6 Å². The van der Waals surface area contributed by atoms with Crippen molar-refractivity contribution in [1.29, 1.82) is 0 Å². The second-order valence-corrected chi connectivity index (χ2v) is 9.60. The summed E-state index contributed by atoms with van der Waals surface area (Å²) < 4.78 is 7.18. The highest BCUT2D eigenvalue weighted by atomic mass is 16.5. The predicted octanol–water partition coefficient (Wildman–Crippen LogP) is 3.69. The number of imide groups is 1. The summed E-state index contributed by atoms with van der Waals surface area (Å²) in [6, 6.07) is 17.0. The lowest BCUT2D eigenvalue weighted by Gasteiger charge is -2.42. The first-order chi connectivity index (χ1) is 17.4. The molecule has 1 unspecified atom stereocenters. The van der Waals surface area contributed by atoms with E-state index >= 15 is 0 Å². The van der Waals surface area contributed by atoms with E-state index < -0.39 is 11.6 Å². The molecule has 2 N–H and O–H groups in total. The summed E-state index contributed by atoms with van der Waals surface area (Å²) >= 11 is 0. The van der Waals surface area contributed by atoms with Gasteiger partial charge in [0.2, 0.25) is 0 Å². The van der Waals surface area contributed by atoms with Crippen molar-refractivity contribution in [2.45, 2.75) is 24.9 Å². The third kappa shape index (κ3) is 3.26. The van der Waals surface area contributed by atoms with Gasteiger partial charge >= 0.3 is 6.03 Å². The molecule has 1 fully saturated rings. The Kier molecular flexibility index (Phi) is 5.03. The monoisotopic (exact) mass is 484 g/mol. The number of aromatic nitrogens is 3. The standard InChI is InChI=1S/C27H28N6O3/c1-27-16-20-19-15-18(36-3)9-10-21(19)29-23(20)24(17-7-5-4-6-8-17)33(27)26(35)32(25(27)34)14-12-28-22-11-13-31(2)30-22/h4-11,13,15,24,29H,12,14,16H2,1-3H3,(H,28,30)/t24?,27-/m0/s1. The quantitative estimate of drug-likeness (QED) is 0.407. The maximum Gasteiger partial charge on any atom is 0.328 e. The molecule has 0 aliphatic carbocycles. The highest BCUT2D eigenvalue weighted by Crippen LogP contribution is 2.48. The number of anilines is 1. The third-order valence-corrected chi connectivity index (χ3v) is 7.34. The molecule has 0 radical (unpaired) electrons. The van der Waals surface area contributed by atoms with Gasteiger partial charge in [0.1, 0.15) is 23.1 Å². The van der Waals surface area contributed by atoms with Gasteiger partial charge in [-0.25, -0.2) is 4.79 Å². The number of hydrogen-bond donors (Lipinski definition) is 2. The van der Waals surface area contributed by atoms with Crippen LogP contribution >= 0.6 is 0 Å². The normalized spacial score (nSPS) is 21.1. The number of nitrogens with zero attached hydrogens (tertiary/aromatic N) is 4. The fourth-order valence-corrected chi connectivity index (χ4v) is 5.60. The second-order valence-electron chi connectivity index (χ2n) is 9.60. The molecule has 2 atom stereocenters. The first kappa shape index (κ1) is 22.2. The van der Waals surface area contributed by atoms with E-state index in [9.17, 15) is 9.59 Å².